The second-order valence-electron chi connectivity index (χ2n) is 3.22. The van der Waals surface area contributed by atoms with E-state index in [0.717, 1.165) is 18.9 Å². The molecule has 88 valence electrons. The lowest BCUT2D eigenvalue weighted by Crippen LogP contribution is -2.30. The van der Waals surface area contributed by atoms with Crippen molar-refractivity contribution >= 4 is 11.7 Å². The van der Waals surface area contributed by atoms with Crippen LogP contribution in [0.25, 0.3) is 0 Å². The Bertz CT molecular complexity index is 338. The quantitative estimate of drug-likeness (QED) is 0.711. The van der Waals surface area contributed by atoms with E-state index in [-0.39, 0.29) is 5.91 Å². The number of carbonyl (C=O) groups excluding carboxylic acids is 1. The smallest absolute Gasteiger partial charge is 0.271 e. The summed E-state index contributed by atoms with van der Waals surface area (Å²) in [5, 5.41) is 10.3. The highest BCUT2D eigenvalue weighted by Crippen LogP contribution is 2.08. The molecule has 0 bridgehead atoms. The summed E-state index contributed by atoms with van der Waals surface area (Å²) in [4.78, 5) is 13.2. The van der Waals surface area contributed by atoms with E-state index in [2.05, 4.69) is 15.5 Å². The van der Waals surface area contributed by atoms with Crippen molar-refractivity contribution in [3.05, 3.63) is 17.8 Å². The molecule has 16 heavy (non-hydrogen) atoms. The van der Waals surface area contributed by atoms with Gasteiger partial charge in [-0.3, -0.25) is 4.79 Å². The summed E-state index contributed by atoms with van der Waals surface area (Å²) in [6.07, 6.45) is 0. The van der Waals surface area contributed by atoms with Crippen LogP contribution in [0.15, 0.2) is 12.1 Å². The molecule has 1 aromatic heterocycles. The molecule has 3 N–H and O–H groups in total. The molecule has 0 aromatic carbocycles. The third kappa shape index (κ3) is 2.90. The first-order chi connectivity index (χ1) is 7.72. The summed E-state index contributed by atoms with van der Waals surface area (Å²) in [5.41, 5.74) is 5.80. The number of carbonyl (C=O) groups is 1. The molecular weight excluding hydrogens is 206 g/mol. The van der Waals surface area contributed by atoms with E-state index in [9.17, 15) is 4.79 Å². The molecule has 1 aromatic rings. The molecule has 0 fully saturated rings. The topological polar surface area (TPSA) is 84.1 Å². The Labute approximate surface area is 94.8 Å². The van der Waals surface area contributed by atoms with Gasteiger partial charge in [-0.25, -0.2) is 0 Å². The van der Waals surface area contributed by atoms with Gasteiger partial charge >= 0.3 is 0 Å². The molecule has 6 nitrogen and oxygen atoms in total. The van der Waals surface area contributed by atoms with E-state index in [1.54, 1.807) is 19.2 Å². The van der Waals surface area contributed by atoms with Crippen molar-refractivity contribution in [1.82, 2.24) is 15.5 Å². The van der Waals surface area contributed by atoms with Crippen molar-refractivity contribution in [2.24, 2.45) is 5.73 Å². The Morgan fingerprint density at radius 2 is 2.25 bits per heavy atom. The zero-order valence-electron chi connectivity index (χ0n) is 9.60. The third-order valence-electron chi connectivity index (χ3n) is 2.21. The van der Waals surface area contributed by atoms with Crippen LogP contribution in [-0.4, -0.2) is 42.8 Å². The molecule has 0 saturated carbocycles. The van der Waals surface area contributed by atoms with Crippen LogP contribution in [0.5, 0.6) is 0 Å². The minimum absolute atomic E-state index is 0.235. The molecule has 1 heterocycles. The number of anilines is 1. The van der Waals surface area contributed by atoms with E-state index in [4.69, 9.17) is 5.73 Å². The molecular formula is C10H17N5O. The maximum atomic E-state index is 11.2. The predicted molar refractivity (Wildman–Crippen MR) is 62.4 cm³/mol. The van der Waals surface area contributed by atoms with Crippen molar-refractivity contribution < 1.29 is 4.79 Å². The maximum absolute atomic E-state index is 11.2. The summed E-state index contributed by atoms with van der Waals surface area (Å²) in [7, 11) is 1.56. The lowest BCUT2D eigenvalue weighted by molar-refractivity contribution is 0.0957. The van der Waals surface area contributed by atoms with Crippen LogP contribution in [0.2, 0.25) is 0 Å². The fourth-order valence-corrected chi connectivity index (χ4v) is 1.33. The fraction of sp³-hybridized carbons (Fsp3) is 0.500. The van der Waals surface area contributed by atoms with Gasteiger partial charge in [0.1, 0.15) is 0 Å². The zero-order chi connectivity index (χ0) is 12.0. The van der Waals surface area contributed by atoms with Crippen LogP contribution < -0.4 is 16.0 Å². The van der Waals surface area contributed by atoms with Gasteiger partial charge in [-0.15, -0.1) is 10.2 Å². The van der Waals surface area contributed by atoms with Gasteiger partial charge in [0.15, 0.2) is 11.5 Å². The highest BCUT2D eigenvalue weighted by molar-refractivity contribution is 5.91. The number of aromatic nitrogens is 2. The number of amides is 1. The summed E-state index contributed by atoms with van der Waals surface area (Å²) < 4.78 is 0. The maximum Gasteiger partial charge on any atom is 0.271 e. The summed E-state index contributed by atoms with van der Waals surface area (Å²) in [5.74, 6) is 0.501. The van der Waals surface area contributed by atoms with Crippen LogP contribution in [0.4, 0.5) is 5.82 Å². The number of nitrogens with two attached hydrogens (primary N) is 1. The van der Waals surface area contributed by atoms with Gasteiger partial charge < -0.3 is 16.0 Å². The number of rotatable bonds is 5. The molecule has 0 aliphatic rings. The Kier molecular flexibility index (Phi) is 4.65. The normalized spacial score (nSPS) is 9.94. The van der Waals surface area contributed by atoms with Gasteiger partial charge in [0.05, 0.1) is 0 Å². The number of hydrogen-bond acceptors (Lipinski definition) is 5. The van der Waals surface area contributed by atoms with E-state index in [1.165, 1.54) is 0 Å². The van der Waals surface area contributed by atoms with Crippen molar-refractivity contribution in [2.75, 3.05) is 31.6 Å². The molecule has 0 aliphatic heterocycles. The van der Waals surface area contributed by atoms with Crippen LogP contribution in [0, 0.1) is 0 Å². The minimum atomic E-state index is -0.235. The first-order valence-electron chi connectivity index (χ1n) is 5.23. The molecule has 6 heteroatoms. The van der Waals surface area contributed by atoms with Crippen molar-refractivity contribution in [3.63, 3.8) is 0 Å². The second kappa shape index (κ2) is 6.02. The van der Waals surface area contributed by atoms with Crippen molar-refractivity contribution in [3.8, 4) is 0 Å². The van der Waals surface area contributed by atoms with E-state index in [0.29, 0.717) is 12.2 Å². The van der Waals surface area contributed by atoms with Crippen LogP contribution in [0.3, 0.4) is 0 Å². The largest absolute Gasteiger partial charge is 0.354 e. The van der Waals surface area contributed by atoms with Gasteiger partial charge in [-0.1, -0.05) is 0 Å². The Morgan fingerprint density at radius 1 is 1.50 bits per heavy atom. The second-order valence-corrected chi connectivity index (χ2v) is 3.22. The SMILES string of the molecule is CCN(CCN)c1ccc(C(=O)NC)nn1. The average molecular weight is 223 g/mol. The molecule has 0 spiro atoms. The van der Waals surface area contributed by atoms with Crippen LogP contribution >= 0.6 is 0 Å². The number of nitrogens with one attached hydrogen (secondary N) is 1. The number of likely N-dealkylation sites (N-methyl/N-ethyl adjacent to an activating group) is 1. The molecule has 0 unspecified atom stereocenters. The molecule has 1 amide bonds. The first-order valence-corrected chi connectivity index (χ1v) is 5.23. The molecule has 0 radical (unpaired) electrons. The lowest BCUT2D eigenvalue weighted by Gasteiger charge is -2.20. The number of hydrogen-bond donors (Lipinski definition) is 2. The van der Waals surface area contributed by atoms with E-state index >= 15 is 0 Å². The summed E-state index contributed by atoms with van der Waals surface area (Å²) in [6, 6.07) is 3.43. The fourth-order valence-electron chi connectivity index (χ4n) is 1.33. The van der Waals surface area contributed by atoms with Gasteiger partial charge in [0, 0.05) is 26.7 Å². The Hall–Kier alpha value is -1.69. The van der Waals surface area contributed by atoms with E-state index in [1.807, 2.05) is 11.8 Å². The first kappa shape index (κ1) is 12.4. The number of nitrogens with zero attached hydrogens (tertiary/aromatic N) is 3. The lowest BCUT2D eigenvalue weighted by atomic mass is 10.3. The summed E-state index contributed by atoms with van der Waals surface area (Å²) >= 11 is 0. The van der Waals surface area contributed by atoms with Crippen LogP contribution in [0.1, 0.15) is 17.4 Å². The van der Waals surface area contributed by atoms with Crippen molar-refractivity contribution in [2.45, 2.75) is 6.92 Å². The van der Waals surface area contributed by atoms with Crippen LogP contribution in [-0.2, 0) is 0 Å². The molecule has 0 saturated heterocycles. The highest BCUT2D eigenvalue weighted by atomic mass is 16.1. The van der Waals surface area contributed by atoms with Gasteiger partial charge in [0.25, 0.3) is 5.91 Å². The van der Waals surface area contributed by atoms with Gasteiger partial charge in [0.2, 0.25) is 0 Å². The molecule has 0 atom stereocenters. The Morgan fingerprint density at radius 3 is 2.69 bits per heavy atom. The Balaban J connectivity index is 2.80. The molecule has 1 rings (SSSR count). The monoisotopic (exact) mass is 223 g/mol. The zero-order valence-corrected chi connectivity index (χ0v) is 9.60. The van der Waals surface area contributed by atoms with Gasteiger partial charge in [-0.2, -0.15) is 0 Å². The minimum Gasteiger partial charge on any atom is -0.354 e. The predicted octanol–water partition coefficient (Wildman–Crippen LogP) is -0.379. The van der Waals surface area contributed by atoms with E-state index < -0.39 is 0 Å². The molecule has 0 aliphatic carbocycles. The summed E-state index contributed by atoms with van der Waals surface area (Å²) in [6.45, 7) is 4.12. The van der Waals surface area contributed by atoms with Crippen molar-refractivity contribution in [1.29, 1.82) is 0 Å². The standard InChI is InChI=1S/C10H17N5O/c1-3-15(7-6-11)9-5-4-8(13-14-9)10(16)12-2/h4-5H,3,6-7,11H2,1-2H3,(H,12,16). The average Bonchev–Trinajstić information content (AvgIpc) is 2.35. The third-order valence-corrected chi connectivity index (χ3v) is 2.21. The van der Waals surface area contributed by atoms with Gasteiger partial charge in [-0.05, 0) is 19.1 Å². The highest BCUT2D eigenvalue weighted by Gasteiger charge is 2.08.